The van der Waals surface area contributed by atoms with Crippen LogP contribution in [0, 0.1) is 0 Å². The zero-order valence-electron chi connectivity index (χ0n) is 12.3. The van der Waals surface area contributed by atoms with E-state index in [0.717, 1.165) is 10.3 Å². The zero-order chi connectivity index (χ0) is 16.4. The first-order chi connectivity index (χ1) is 11.0. The summed E-state index contributed by atoms with van der Waals surface area (Å²) in [5.41, 5.74) is -0.964. The van der Waals surface area contributed by atoms with Gasteiger partial charge in [-0.05, 0) is 25.0 Å². The lowest BCUT2D eigenvalue weighted by Gasteiger charge is -2.36. The Morgan fingerprint density at radius 2 is 2.39 bits per heavy atom. The Labute approximate surface area is 137 Å². The molecule has 122 valence electrons. The van der Waals surface area contributed by atoms with Crippen molar-refractivity contribution in [2.24, 2.45) is 0 Å². The summed E-state index contributed by atoms with van der Waals surface area (Å²) in [6.45, 7) is 0.184. The Hall–Kier alpha value is -2.15. The monoisotopic (exact) mass is 338 g/mol. The largest absolute Gasteiger partial charge is 0.465 e. The highest BCUT2D eigenvalue weighted by Gasteiger charge is 2.37. The molecule has 0 bridgehead atoms. The highest BCUT2D eigenvalue weighted by molar-refractivity contribution is 6.30. The molecular formula is C15H16ClFN4O2. The van der Waals surface area contributed by atoms with Gasteiger partial charge in [0.2, 0.25) is 0 Å². The van der Waals surface area contributed by atoms with E-state index in [0.29, 0.717) is 30.7 Å². The molecule has 3 rings (SSSR count). The van der Waals surface area contributed by atoms with Gasteiger partial charge in [0, 0.05) is 24.2 Å². The first-order valence-electron chi connectivity index (χ1n) is 7.29. The summed E-state index contributed by atoms with van der Waals surface area (Å²) in [6.07, 6.45) is 1.35. The van der Waals surface area contributed by atoms with Gasteiger partial charge in [0.05, 0.1) is 18.6 Å². The van der Waals surface area contributed by atoms with E-state index in [1.807, 2.05) is 6.07 Å². The minimum atomic E-state index is -1.63. The minimum absolute atomic E-state index is 0.0336. The normalized spacial score (nSPS) is 21.4. The number of hydrogen-bond donors (Lipinski definition) is 2. The fourth-order valence-corrected chi connectivity index (χ4v) is 3.00. The van der Waals surface area contributed by atoms with Crippen LogP contribution in [0.2, 0.25) is 5.15 Å². The minimum Gasteiger partial charge on any atom is -0.465 e. The van der Waals surface area contributed by atoms with Gasteiger partial charge in [0.15, 0.2) is 0 Å². The van der Waals surface area contributed by atoms with Crippen LogP contribution in [0.4, 0.5) is 15.0 Å². The number of aromatic nitrogens is 2. The summed E-state index contributed by atoms with van der Waals surface area (Å²) in [5.74, 6) is 0.449. The topological polar surface area (TPSA) is 78.4 Å². The van der Waals surface area contributed by atoms with E-state index in [4.69, 9.17) is 16.7 Å². The maximum atomic E-state index is 14.9. The number of fused-ring (bicyclic) bond motifs is 1. The standard InChI is InChI=1S/C15H16ClFN4O2/c16-12-7-11-10(3-1-5-18-11)13(20-12)19-8-15(17)4-2-6-21(9-15)14(22)23/h1,3,5,7H,2,4,6,8-9H2,(H,19,20)(H,22,23)/t15-/m1/s1. The number of carboxylic acid groups (broad SMARTS) is 1. The molecule has 2 aromatic rings. The van der Waals surface area contributed by atoms with Crippen LogP contribution in [-0.4, -0.2) is 51.4 Å². The summed E-state index contributed by atoms with van der Waals surface area (Å²) in [4.78, 5) is 20.5. The molecule has 1 aliphatic rings. The van der Waals surface area contributed by atoms with Gasteiger partial charge in [0.1, 0.15) is 16.6 Å². The first kappa shape index (κ1) is 15.7. The molecule has 2 aromatic heterocycles. The summed E-state index contributed by atoms with van der Waals surface area (Å²) in [7, 11) is 0. The fourth-order valence-electron chi connectivity index (χ4n) is 2.82. The van der Waals surface area contributed by atoms with Crippen molar-refractivity contribution >= 4 is 34.4 Å². The van der Waals surface area contributed by atoms with Gasteiger partial charge in [-0.15, -0.1) is 0 Å². The molecule has 0 spiro atoms. The van der Waals surface area contributed by atoms with E-state index in [9.17, 15) is 9.18 Å². The third-order valence-electron chi connectivity index (χ3n) is 3.94. The van der Waals surface area contributed by atoms with Crippen molar-refractivity contribution in [2.45, 2.75) is 18.5 Å². The summed E-state index contributed by atoms with van der Waals surface area (Å²) >= 11 is 5.97. The lowest BCUT2D eigenvalue weighted by molar-refractivity contribution is 0.0537. The predicted molar refractivity (Wildman–Crippen MR) is 85.7 cm³/mol. The van der Waals surface area contributed by atoms with Crippen molar-refractivity contribution < 1.29 is 14.3 Å². The Bertz CT molecular complexity index is 744. The first-order valence-corrected chi connectivity index (χ1v) is 7.67. The lowest BCUT2D eigenvalue weighted by Crippen LogP contribution is -2.50. The maximum absolute atomic E-state index is 14.9. The average molecular weight is 339 g/mol. The van der Waals surface area contributed by atoms with Crippen molar-refractivity contribution in [2.75, 3.05) is 25.0 Å². The maximum Gasteiger partial charge on any atom is 0.407 e. The molecule has 1 aliphatic heterocycles. The molecule has 8 heteroatoms. The third-order valence-corrected chi connectivity index (χ3v) is 4.13. The molecule has 0 aliphatic carbocycles. The summed E-state index contributed by atoms with van der Waals surface area (Å²) < 4.78 is 14.9. The number of nitrogens with zero attached hydrogens (tertiary/aromatic N) is 3. The number of halogens is 2. The molecule has 6 nitrogen and oxygen atoms in total. The SMILES string of the molecule is O=C(O)N1CCC[C@@](F)(CNc2nc(Cl)cc3ncccc23)C1. The predicted octanol–water partition coefficient (Wildman–Crippen LogP) is 3.18. The third kappa shape index (κ3) is 3.44. The van der Waals surface area contributed by atoms with Crippen molar-refractivity contribution in [1.82, 2.24) is 14.9 Å². The number of piperidine rings is 1. The number of amides is 1. The number of alkyl halides is 1. The van der Waals surface area contributed by atoms with Crippen LogP contribution in [0.25, 0.3) is 10.9 Å². The van der Waals surface area contributed by atoms with Crippen LogP contribution < -0.4 is 5.32 Å². The number of rotatable bonds is 3. The number of pyridine rings is 2. The van der Waals surface area contributed by atoms with Gasteiger partial charge < -0.3 is 15.3 Å². The second-order valence-corrected chi connectivity index (χ2v) is 6.06. The zero-order valence-corrected chi connectivity index (χ0v) is 13.1. The van der Waals surface area contributed by atoms with Gasteiger partial charge in [0.25, 0.3) is 0 Å². The van der Waals surface area contributed by atoms with E-state index in [1.165, 1.54) is 0 Å². The highest BCUT2D eigenvalue weighted by atomic mass is 35.5. The number of hydrogen-bond acceptors (Lipinski definition) is 4. The van der Waals surface area contributed by atoms with Crippen LogP contribution in [0.5, 0.6) is 0 Å². The molecule has 23 heavy (non-hydrogen) atoms. The highest BCUT2D eigenvalue weighted by Crippen LogP contribution is 2.28. The van der Waals surface area contributed by atoms with Gasteiger partial charge in [-0.1, -0.05) is 11.6 Å². The molecule has 0 unspecified atom stereocenters. The Morgan fingerprint density at radius 1 is 1.57 bits per heavy atom. The summed E-state index contributed by atoms with van der Waals surface area (Å²) in [6, 6.07) is 5.23. The van der Waals surface area contributed by atoms with E-state index in [-0.39, 0.29) is 18.2 Å². The molecule has 0 aromatic carbocycles. The van der Waals surface area contributed by atoms with Crippen LogP contribution in [-0.2, 0) is 0 Å². The van der Waals surface area contributed by atoms with Crippen LogP contribution in [0.15, 0.2) is 24.4 Å². The molecule has 0 radical (unpaired) electrons. The van der Waals surface area contributed by atoms with Gasteiger partial charge in [-0.2, -0.15) is 0 Å². The van der Waals surface area contributed by atoms with Crippen LogP contribution >= 0.6 is 11.6 Å². The molecule has 1 amide bonds. The lowest BCUT2D eigenvalue weighted by atomic mass is 9.95. The van der Waals surface area contributed by atoms with Crippen molar-refractivity contribution in [3.8, 4) is 0 Å². The molecule has 0 saturated carbocycles. The Balaban J connectivity index is 1.79. The van der Waals surface area contributed by atoms with E-state index < -0.39 is 11.8 Å². The Morgan fingerprint density at radius 3 is 3.17 bits per heavy atom. The smallest absolute Gasteiger partial charge is 0.407 e. The molecule has 1 fully saturated rings. The second-order valence-electron chi connectivity index (χ2n) is 5.68. The molecule has 1 saturated heterocycles. The average Bonchev–Trinajstić information content (AvgIpc) is 2.52. The number of likely N-dealkylation sites (tertiary alicyclic amines) is 1. The Kier molecular flexibility index (Phi) is 4.21. The fraction of sp³-hybridized carbons (Fsp3) is 0.400. The molecule has 1 atom stereocenters. The summed E-state index contributed by atoms with van der Waals surface area (Å²) in [5, 5.41) is 13.0. The van der Waals surface area contributed by atoms with Gasteiger partial charge >= 0.3 is 6.09 Å². The molecule has 3 heterocycles. The van der Waals surface area contributed by atoms with Crippen LogP contribution in [0.3, 0.4) is 0 Å². The molecular weight excluding hydrogens is 323 g/mol. The van der Waals surface area contributed by atoms with E-state index >= 15 is 0 Å². The quantitative estimate of drug-likeness (QED) is 0.840. The van der Waals surface area contributed by atoms with Gasteiger partial charge in [-0.25, -0.2) is 14.2 Å². The van der Waals surface area contributed by atoms with E-state index in [1.54, 1.807) is 18.3 Å². The van der Waals surface area contributed by atoms with E-state index in [2.05, 4.69) is 15.3 Å². The van der Waals surface area contributed by atoms with Gasteiger partial charge in [-0.3, -0.25) is 4.98 Å². The van der Waals surface area contributed by atoms with Crippen molar-refractivity contribution in [3.05, 3.63) is 29.5 Å². The van der Waals surface area contributed by atoms with Crippen molar-refractivity contribution in [3.63, 3.8) is 0 Å². The number of anilines is 1. The van der Waals surface area contributed by atoms with Crippen molar-refractivity contribution in [1.29, 1.82) is 0 Å². The number of nitrogens with one attached hydrogen (secondary N) is 1. The van der Waals surface area contributed by atoms with Crippen LogP contribution in [0.1, 0.15) is 12.8 Å². The number of carbonyl (C=O) groups is 1. The second kappa shape index (κ2) is 6.16. The molecule has 2 N–H and O–H groups in total.